The van der Waals surface area contributed by atoms with Gasteiger partial charge in [0.15, 0.2) is 0 Å². The lowest BCUT2D eigenvalue weighted by molar-refractivity contribution is 0.374. The molecule has 0 aromatic heterocycles. The van der Waals surface area contributed by atoms with Gasteiger partial charge in [0.05, 0.1) is 6.17 Å². The first-order chi connectivity index (χ1) is 11.1. The third kappa shape index (κ3) is 3.34. The first-order valence-corrected chi connectivity index (χ1v) is 9.47. The van der Waals surface area contributed by atoms with Gasteiger partial charge in [-0.25, -0.2) is 0 Å². The van der Waals surface area contributed by atoms with Gasteiger partial charge in [0, 0.05) is 17.6 Å². The summed E-state index contributed by atoms with van der Waals surface area (Å²) in [4.78, 5) is 0. The minimum Gasteiger partial charge on any atom is -0.507 e. The Morgan fingerprint density at radius 3 is 1.88 bits per heavy atom. The van der Waals surface area contributed by atoms with Gasteiger partial charge in [-0.1, -0.05) is 60.5 Å². The van der Waals surface area contributed by atoms with Crippen LogP contribution in [0.2, 0.25) is 0 Å². The van der Waals surface area contributed by atoms with E-state index in [1.165, 1.54) is 31.2 Å². The summed E-state index contributed by atoms with van der Waals surface area (Å²) in [5.74, 6) is 0.458. The molecule has 3 heteroatoms. The SMILES string of the molecule is CC(C)(C)c1cc(C2N[C@H]3CCCC[C@@H]3N2)c(O)c(C(C)(C)C)c1. The van der Waals surface area contributed by atoms with E-state index in [9.17, 15) is 5.11 Å². The molecule has 1 aromatic carbocycles. The summed E-state index contributed by atoms with van der Waals surface area (Å²) in [6.45, 7) is 13.2. The average Bonchev–Trinajstić information content (AvgIpc) is 2.88. The summed E-state index contributed by atoms with van der Waals surface area (Å²) in [5.41, 5.74) is 3.34. The van der Waals surface area contributed by atoms with Crippen molar-refractivity contribution in [2.45, 2.75) is 96.3 Å². The molecule has 3 N–H and O–H groups in total. The molecule has 1 aliphatic carbocycles. The number of benzene rings is 1. The molecule has 3 rings (SSSR count). The monoisotopic (exact) mass is 330 g/mol. The van der Waals surface area contributed by atoms with Crippen LogP contribution in [-0.2, 0) is 10.8 Å². The van der Waals surface area contributed by atoms with Crippen molar-refractivity contribution in [3.8, 4) is 5.75 Å². The van der Waals surface area contributed by atoms with Crippen molar-refractivity contribution in [2.24, 2.45) is 0 Å². The Morgan fingerprint density at radius 2 is 1.42 bits per heavy atom. The minimum absolute atomic E-state index is 0.0569. The second kappa shape index (κ2) is 6.03. The van der Waals surface area contributed by atoms with E-state index in [-0.39, 0.29) is 17.0 Å². The second-order valence-electron chi connectivity index (χ2n) is 9.73. The summed E-state index contributed by atoms with van der Waals surface area (Å²) >= 11 is 0. The zero-order valence-corrected chi connectivity index (χ0v) is 16.2. The molecule has 0 spiro atoms. The van der Waals surface area contributed by atoms with E-state index in [0.717, 1.165) is 11.1 Å². The number of aromatic hydroxyl groups is 1. The minimum atomic E-state index is -0.0779. The zero-order chi connectivity index (χ0) is 17.7. The molecule has 0 radical (unpaired) electrons. The molecule has 0 bridgehead atoms. The van der Waals surface area contributed by atoms with Crippen LogP contribution in [0.15, 0.2) is 12.1 Å². The molecule has 0 unspecified atom stereocenters. The Bertz CT molecular complexity index is 595. The highest BCUT2D eigenvalue weighted by Gasteiger charge is 2.37. The van der Waals surface area contributed by atoms with E-state index in [1.807, 2.05) is 0 Å². The number of phenols is 1. The van der Waals surface area contributed by atoms with Crippen molar-refractivity contribution in [3.05, 3.63) is 28.8 Å². The molecule has 24 heavy (non-hydrogen) atoms. The van der Waals surface area contributed by atoms with E-state index in [0.29, 0.717) is 17.8 Å². The second-order valence-corrected chi connectivity index (χ2v) is 9.73. The Kier molecular flexibility index (Phi) is 4.46. The van der Waals surface area contributed by atoms with Crippen molar-refractivity contribution in [3.63, 3.8) is 0 Å². The summed E-state index contributed by atoms with van der Waals surface area (Å²) in [7, 11) is 0. The summed E-state index contributed by atoms with van der Waals surface area (Å²) < 4.78 is 0. The van der Waals surface area contributed by atoms with Gasteiger partial charge < -0.3 is 5.11 Å². The van der Waals surface area contributed by atoms with Gasteiger partial charge in [-0.2, -0.15) is 0 Å². The lowest BCUT2D eigenvalue weighted by atomic mass is 9.78. The quantitative estimate of drug-likeness (QED) is 0.711. The fourth-order valence-corrected chi connectivity index (χ4v) is 4.07. The van der Waals surface area contributed by atoms with Crippen molar-refractivity contribution < 1.29 is 5.11 Å². The molecule has 2 atom stereocenters. The molecule has 3 nitrogen and oxygen atoms in total. The van der Waals surface area contributed by atoms with Crippen LogP contribution >= 0.6 is 0 Å². The van der Waals surface area contributed by atoms with E-state index < -0.39 is 0 Å². The Balaban J connectivity index is 2.03. The molecular weight excluding hydrogens is 296 g/mol. The van der Waals surface area contributed by atoms with Gasteiger partial charge >= 0.3 is 0 Å². The van der Waals surface area contributed by atoms with Gasteiger partial charge in [-0.15, -0.1) is 0 Å². The maximum atomic E-state index is 11.0. The van der Waals surface area contributed by atoms with Gasteiger partial charge in [-0.3, -0.25) is 10.6 Å². The molecule has 2 fully saturated rings. The predicted octanol–water partition coefficient (Wildman–Crippen LogP) is 4.49. The maximum Gasteiger partial charge on any atom is 0.125 e. The summed E-state index contributed by atoms with van der Waals surface area (Å²) in [6, 6.07) is 5.48. The van der Waals surface area contributed by atoms with Crippen LogP contribution in [0.1, 0.15) is 90.1 Å². The first kappa shape index (κ1) is 17.8. The highest BCUT2D eigenvalue weighted by Crippen LogP contribution is 2.41. The Labute approximate surface area is 147 Å². The van der Waals surface area contributed by atoms with Crippen LogP contribution in [0, 0.1) is 0 Å². The normalized spacial score (nSPS) is 25.8. The number of nitrogens with one attached hydrogen (secondary N) is 2. The van der Waals surface area contributed by atoms with Crippen molar-refractivity contribution >= 4 is 0 Å². The summed E-state index contributed by atoms with van der Waals surface area (Å²) in [6.07, 6.45) is 5.15. The van der Waals surface area contributed by atoms with Crippen LogP contribution in [0.4, 0.5) is 0 Å². The smallest absolute Gasteiger partial charge is 0.125 e. The van der Waals surface area contributed by atoms with Crippen LogP contribution < -0.4 is 10.6 Å². The molecule has 1 heterocycles. The summed E-state index contributed by atoms with van der Waals surface area (Å²) in [5, 5.41) is 18.5. The third-order valence-electron chi connectivity index (χ3n) is 5.65. The van der Waals surface area contributed by atoms with Gasteiger partial charge in [-0.05, 0) is 40.9 Å². The maximum absolute atomic E-state index is 11.0. The van der Waals surface area contributed by atoms with Crippen molar-refractivity contribution in [1.29, 1.82) is 0 Å². The van der Waals surface area contributed by atoms with Crippen LogP contribution in [0.5, 0.6) is 5.75 Å². The Morgan fingerprint density at radius 1 is 0.875 bits per heavy atom. The zero-order valence-electron chi connectivity index (χ0n) is 16.2. The van der Waals surface area contributed by atoms with E-state index in [2.05, 4.69) is 64.3 Å². The largest absolute Gasteiger partial charge is 0.507 e. The van der Waals surface area contributed by atoms with Gasteiger partial charge in [0.1, 0.15) is 5.75 Å². The van der Waals surface area contributed by atoms with Crippen molar-refractivity contribution in [2.75, 3.05) is 0 Å². The fraction of sp³-hybridized carbons (Fsp3) is 0.714. The van der Waals surface area contributed by atoms with Gasteiger partial charge in [0.25, 0.3) is 0 Å². The number of phenolic OH excluding ortho intramolecular Hbond substituents is 1. The van der Waals surface area contributed by atoms with E-state index in [4.69, 9.17) is 0 Å². The highest BCUT2D eigenvalue weighted by atomic mass is 16.3. The molecule has 1 aliphatic heterocycles. The van der Waals surface area contributed by atoms with Crippen LogP contribution in [0.3, 0.4) is 0 Å². The number of hydrogen-bond donors (Lipinski definition) is 3. The predicted molar refractivity (Wildman–Crippen MR) is 101 cm³/mol. The van der Waals surface area contributed by atoms with E-state index >= 15 is 0 Å². The molecular formula is C21H34N2O. The lowest BCUT2D eigenvalue weighted by Crippen LogP contribution is -2.36. The molecule has 2 aliphatic rings. The molecule has 0 amide bonds. The first-order valence-electron chi connectivity index (χ1n) is 9.47. The molecule has 134 valence electrons. The molecule has 1 saturated carbocycles. The van der Waals surface area contributed by atoms with E-state index in [1.54, 1.807) is 0 Å². The number of rotatable bonds is 1. The van der Waals surface area contributed by atoms with Gasteiger partial charge in [0.2, 0.25) is 0 Å². The Hall–Kier alpha value is -1.06. The molecule has 1 saturated heterocycles. The average molecular weight is 331 g/mol. The van der Waals surface area contributed by atoms with Crippen molar-refractivity contribution in [1.82, 2.24) is 10.6 Å². The topological polar surface area (TPSA) is 44.3 Å². The fourth-order valence-electron chi connectivity index (χ4n) is 4.07. The lowest BCUT2D eigenvalue weighted by Gasteiger charge is -2.29. The molecule has 1 aromatic rings. The number of fused-ring (bicyclic) bond motifs is 1. The van der Waals surface area contributed by atoms with Crippen LogP contribution in [0.25, 0.3) is 0 Å². The highest BCUT2D eigenvalue weighted by molar-refractivity contribution is 5.50. The number of hydrogen-bond acceptors (Lipinski definition) is 3. The standard InChI is InChI=1S/C21H34N2O/c1-20(2,3)13-11-14(18(24)15(12-13)21(4,5)6)19-22-16-9-7-8-10-17(16)23-19/h11-12,16-17,19,22-24H,7-10H2,1-6H3/t16-,17-/m0/s1. The third-order valence-corrected chi connectivity index (χ3v) is 5.65. The van der Waals surface area contributed by atoms with Crippen LogP contribution in [-0.4, -0.2) is 17.2 Å².